The van der Waals surface area contributed by atoms with Gasteiger partial charge in [0.05, 0.1) is 17.7 Å². The molecule has 0 amide bonds. The van der Waals surface area contributed by atoms with Crippen molar-refractivity contribution in [1.29, 1.82) is 0 Å². The minimum Gasteiger partial charge on any atom is -0.493 e. The minimum absolute atomic E-state index is 0.186. The molecule has 0 saturated heterocycles. The van der Waals surface area contributed by atoms with Gasteiger partial charge in [-0.1, -0.05) is 36.4 Å². The van der Waals surface area contributed by atoms with Gasteiger partial charge in [-0.25, -0.2) is 4.83 Å². The molecule has 0 aromatic heterocycles. The highest BCUT2D eigenvalue weighted by molar-refractivity contribution is 7.89. The number of ether oxygens (including phenoxy) is 1. The van der Waals surface area contributed by atoms with Crippen LogP contribution >= 0.6 is 0 Å². The maximum Gasteiger partial charge on any atom is 0.276 e. The standard InChI is InChI=1S/C21H22N2O3S/c1-4-26-21-12-10-17-7-5-6-8-19(17)20(21)14-22-23-27(24,25)18-11-9-15(2)16(3)13-18/h5-14,23H,4H2,1-3H3/b22-14+. The summed E-state index contributed by atoms with van der Waals surface area (Å²) in [6.07, 6.45) is 1.49. The third-order valence-corrected chi connectivity index (χ3v) is 5.61. The fourth-order valence-electron chi connectivity index (χ4n) is 2.78. The van der Waals surface area contributed by atoms with Crippen molar-refractivity contribution in [3.8, 4) is 5.75 Å². The molecular weight excluding hydrogens is 360 g/mol. The smallest absolute Gasteiger partial charge is 0.276 e. The Labute approximate surface area is 159 Å². The largest absolute Gasteiger partial charge is 0.493 e. The van der Waals surface area contributed by atoms with Gasteiger partial charge in [-0.15, -0.1) is 0 Å². The van der Waals surface area contributed by atoms with E-state index in [2.05, 4.69) is 9.93 Å². The summed E-state index contributed by atoms with van der Waals surface area (Å²) < 4.78 is 30.7. The second kappa shape index (κ2) is 7.80. The van der Waals surface area contributed by atoms with Crippen molar-refractivity contribution in [2.24, 2.45) is 5.10 Å². The molecule has 140 valence electrons. The molecule has 3 rings (SSSR count). The average molecular weight is 382 g/mol. The van der Waals surface area contributed by atoms with Gasteiger partial charge in [-0.3, -0.25) is 0 Å². The van der Waals surface area contributed by atoms with Crippen LogP contribution in [0.15, 0.2) is 64.6 Å². The zero-order valence-electron chi connectivity index (χ0n) is 15.6. The Balaban J connectivity index is 1.93. The molecule has 6 heteroatoms. The predicted octanol–water partition coefficient (Wildman–Crippen LogP) is 4.17. The van der Waals surface area contributed by atoms with Crippen molar-refractivity contribution in [3.05, 3.63) is 71.3 Å². The molecule has 0 fully saturated rings. The molecule has 0 atom stereocenters. The summed E-state index contributed by atoms with van der Waals surface area (Å²) in [5, 5.41) is 5.96. The highest BCUT2D eigenvalue weighted by Gasteiger charge is 2.14. The molecular formula is C21H22N2O3S. The highest BCUT2D eigenvalue weighted by atomic mass is 32.2. The topological polar surface area (TPSA) is 67.8 Å². The van der Waals surface area contributed by atoms with Crippen LogP contribution in [0.25, 0.3) is 10.8 Å². The lowest BCUT2D eigenvalue weighted by atomic mass is 10.0. The Hall–Kier alpha value is -2.86. The third-order valence-electron chi connectivity index (χ3n) is 4.39. The molecule has 0 heterocycles. The third kappa shape index (κ3) is 4.11. The van der Waals surface area contributed by atoms with E-state index < -0.39 is 10.0 Å². The van der Waals surface area contributed by atoms with Crippen LogP contribution in [-0.2, 0) is 10.0 Å². The summed E-state index contributed by atoms with van der Waals surface area (Å²) >= 11 is 0. The van der Waals surface area contributed by atoms with E-state index in [9.17, 15) is 8.42 Å². The van der Waals surface area contributed by atoms with Gasteiger partial charge in [-0.05, 0) is 60.9 Å². The number of nitrogens with zero attached hydrogens (tertiary/aromatic N) is 1. The Kier molecular flexibility index (Phi) is 5.46. The monoisotopic (exact) mass is 382 g/mol. The van der Waals surface area contributed by atoms with Crippen molar-refractivity contribution in [1.82, 2.24) is 4.83 Å². The Morgan fingerprint density at radius 3 is 2.56 bits per heavy atom. The first-order valence-electron chi connectivity index (χ1n) is 8.69. The quantitative estimate of drug-likeness (QED) is 0.514. The average Bonchev–Trinajstić information content (AvgIpc) is 2.65. The van der Waals surface area contributed by atoms with Crippen LogP contribution in [0.5, 0.6) is 5.75 Å². The van der Waals surface area contributed by atoms with E-state index in [0.717, 1.165) is 27.5 Å². The number of fused-ring (bicyclic) bond motifs is 1. The first-order valence-corrected chi connectivity index (χ1v) is 10.2. The second-order valence-electron chi connectivity index (χ2n) is 6.23. The summed E-state index contributed by atoms with van der Waals surface area (Å²) in [6.45, 7) is 6.22. The Morgan fingerprint density at radius 2 is 1.81 bits per heavy atom. The van der Waals surface area contributed by atoms with E-state index in [1.54, 1.807) is 18.2 Å². The van der Waals surface area contributed by atoms with Crippen molar-refractivity contribution < 1.29 is 13.2 Å². The molecule has 3 aromatic carbocycles. The van der Waals surface area contributed by atoms with Gasteiger partial charge < -0.3 is 4.74 Å². The molecule has 0 spiro atoms. The molecule has 5 nitrogen and oxygen atoms in total. The molecule has 0 aliphatic heterocycles. The van der Waals surface area contributed by atoms with E-state index in [1.165, 1.54) is 6.21 Å². The van der Waals surface area contributed by atoms with Gasteiger partial charge in [-0.2, -0.15) is 13.5 Å². The summed E-state index contributed by atoms with van der Waals surface area (Å²) in [4.78, 5) is 2.48. The van der Waals surface area contributed by atoms with Crippen LogP contribution in [0.1, 0.15) is 23.6 Å². The number of aryl methyl sites for hydroxylation is 2. The van der Waals surface area contributed by atoms with Gasteiger partial charge >= 0.3 is 0 Å². The van der Waals surface area contributed by atoms with Gasteiger partial charge in [0.2, 0.25) is 0 Å². The van der Waals surface area contributed by atoms with Gasteiger partial charge in [0, 0.05) is 5.56 Å². The Bertz CT molecular complexity index is 1110. The van der Waals surface area contributed by atoms with Crippen LogP contribution in [0.2, 0.25) is 0 Å². The molecule has 3 aromatic rings. The molecule has 0 unspecified atom stereocenters. The SMILES string of the molecule is CCOc1ccc2ccccc2c1/C=N/NS(=O)(=O)c1ccc(C)c(C)c1. The van der Waals surface area contributed by atoms with E-state index in [-0.39, 0.29) is 4.90 Å². The van der Waals surface area contributed by atoms with Crippen LogP contribution in [0.3, 0.4) is 0 Å². The Morgan fingerprint density at radius 1 is 1.04 bits per heavy atom. The van der Waals surface area contributed by atoms with Crippen LogP contribution < -0.4 is 9.57 Å². The summed E-state index contributed by atoms with van der Waals surface area (Å²) in [5.74, 6) is 0.658. The number of nitrogens with one attached hydrogen (secondary N) is 1. The van der Waals surface area contributed by atoms with Crippen LogP contribution in [0, 0.1) is 13.8 Å². The molecule has 0 radical (unpaired) electrons. The molecule has 0 bridgehead atoms. The van der Waals surface area contributed by atoms with E-state index in [0.29, 0.717) is 12.4 Å². The van der Waals surface area contributed by atoms with Gasteiger partial charge in [0.25, 0.3) is 10.0 Å². The lowest BCUT2D eigenvalue weighted by Gasteiger charge is -2.10. The lowest BCUT2D eigenvalue weighted by Crippen LogP contribution is -2.18. The number of rotatable bonds is 6. The maximum absolute atomic E-state index is 12.5. The number of hydrazone groups is 1. The van der Waals surface area contributed by atoms with E-state index in [1.807, 2.05) is 57.2 Å². The fraction of sp³-hybridized carbons (Fsp3) is 0.190. The maximum atomic E-state index is 12.5. The zero-order chi connectivity index (χ0) is 19.4. The fourth-order valence-corrected chi connectivity index (χ4v) is 3.66. The molecule has 1 N–H and O–H groups in total. The number of benzene rings is 3. The molecule has 0 saturated carbocycles. The van der Waals surface area contributed by atoms with Crippen molar-refractivity contribution in [2.45, 2.75) is 25.7 Å². The summed E-state index contributed by atoms with van der Waals surface area (Å²) in [6, 6.07) is 16.6. The first kappa shape index (κ1) is 18.9. The zero-order valence-corrected chi connectivity index (χ0v) is 16.4. The number of sulfonamides is 1. The van der Waals surface area contributed by atoms with Crippen molar-refractivity contribution in [2.75, 3.05) is 6.61 Å². The minimum atomic E-state index is -3.74. The normalized spacial score (nSPS) is 11.8. The first-order chi connectivity index (χ1) is 12.9. The second-order valence-corrected chi connectivity index (χ2v) is 7.89. The summed E-state index contributed by atoms with van der Waals surface area (Å²) in [5.41, 5.74) is 2.68. The predicted molar refractivity (Wildman–Crippen MR) is 109 cm³/mol. The number of hydrogen-bond acceptors (Lipinski definition) is 4. The van der Waals surface area contributed by atoms with Gasteiger partial charge in [0.15, 0.2) is 0 Å². The highest BCUT2D eigenvalue weighted by Crippen LogP contribution is 2.26. The van der Waals surface area contributed by atoms with Gasteiger partial charge in [0.1, 0.15) is 5.75 Å². The lowest BCUT2D eigenvalue weighted by molar-refractivity contribution is 0.340. The number of hydrogen-bond donors (Lipinski definition) is 1. The van der Waals surface area contributed by atoms with E-state index in [4.69, 9.17) is 4.74 Å². The molecule has 27 heavy (non-hydrogen) atoms. The van der Waals surface area contributed by atoms with Crippen molar-refractivity contribution in [3.63, 3.8) is 0 Å². The molecule has 0 aliphatic carbocycles. The van der Waals surface area contributed by atoms with Crippen LogP contribution in [0.4, 0.5) is 0 Å². The van der Waals surface area contributed by atoms with Crippen molar-refractivity contribution >= 4 is 27.0 Å². The van der Waals surface area contributed by atoms with E-state index >= 15 is 0 Å². The van der Waals surface area contributed by atoms with Crippen LogP contribution in [-0.4, -0.2) is 21.2 Å². The molecule has 0 aliphatic rings. The summed E-state index contributed by atoms with van der Waals surface area (Å²) in [7, 11) is -3.74.